The third-order valence-electron chi connectivity index (χ3n) is 4.16. The second-order valence-corrected chi connectivity index (χ2v) is 6.27. The summed E-state index contributed by atoms with van der Waals surface area (Å²) >= 11 is 0. The number of esters is 2. The van der Waals surface area contributed by atoms with Crippen LogP contribution < -0.4 is 0 Å². The Kier molecular flexibility index (Phi) is 12.8. The summed E-state index contributed by atoms with van der Waals surface area (Å²) in [6, 6.07) is 0. The monoisotopic (exact) mass is 328 g/mol. The molecule has 0 heterocycles. The maximum Gasteiger partial charge on any atom is 0.323 e. The van der Waals surface area contributed by atoms with Crippen LogP contribution in [-0.2, 0) is 19.1 Å². The first-order chi connectivity index (χ1) is 11.1. The van der Waals surface area contributed by atoms with Crippen LogP contribution in [0.25, 0.3) is 0 Å². The van der Waals surface area contributed by atoms with Gasteiger partial charge >= 0.3 is 11.9 Å². The molecule has 0 rings (SSSR count). The molecular weight excluding hydrogens is 292 g/mol. The summed E-state index contributed by atoms with van der Waals surface area (Å²) in [6.45, 7) is 9.00. The van der Waals surface area contributed by atoms with Crippen LogP contribution in [0.15, 0.2) is 0 Å². The minimum atomic E-state index is -1.10. The van der Waals surface area contributed by atoms with Crippen molar-refractivity contribution in [2.45, 2.75) is 91.9 Å². The molecule has 0 aromatic carbocycles. The van der Waals surface area contributed by atoms with E-state index in [1.807, 2.05) is 13.8 Å². The van der Waals surface area contributed by atoms with E-state index in [0.29, 0.717) is 26.1 Å². The molecule has 0 fully saturated rings. The minimum Gasteiger partial charge on any atom is -0.465 e. The molecule has 0 amide bonds. The van der Waals surface area contributed by atoms with Gasteiger partial charge in [0.25, 0.3) is 0 Å². The van der Waals surface area contributed by atoms with E-state index in [0.717, 1.165) is 51.4 Å². The average Bonchev–Trinajstić information content (AvgIpc) is 2.55. The quantitative estimate of drug-likeness (QED) is 0.255. The number of rotatable bonds is 14. The van der Waals surface area contributed by atoms with Gasteiger partial charge in [0, 0.05) is 0 Å². The van der Waals surface area contributed by atoms with Gasteiger partial charge in [-0.15, -0.1) is 0 Å². The van der Waals surface area contributed by atoms with Crippen molar-refractivity contribution >= 4 is 11.9 Å². The molecule has 0 N–H and O–H groups in total. The normalized spacial score (nSPS) is 11.3. The number of carbonyl (C=O) groups is 2. The molecule has 0 bridgehead atoms. The van der Waals surface area contributed by atoms with Crippen LogP contribution in [0.4, 0.5) is 0 Å². The number of unbranched alkanes of at least 4 members (excludes halogenated alkanes) is 4. The van der Waals surface area contributed by atoms with Gasteiger partial charge in [-0.2, -0.15) is 0 Å². The Morgan fingerprint density at radius 1 is 0.652 bits per heavy atom. The third-order valence-corrected chi connectivity index (χ3v) is 4.16. The summed E-state index contributed by atoms with van der Waals surface area (Å²) in [5.74, 6) is -0.760. The Morgan fingerprint density at radius 3 is 1.30 bits per heavy atom. The maximum absolute atomic E-state index is 12.7. The molecule has 0 saturated heterocycles. The molecule has 0 spiro atoms. The number of hydrogen-bond donors (Lipinski definition) is 0. The van der Waals surface area contributed by atoms with Crippen molar-refractivity contribution in [1.29, 1.82) is 0 Å². The van der Waals surface area contributed by atoms with Crippen LogP contribution in [0.1, 0.15) is 91.9 Å². The third kappa shape index (κ3) is 7.85. The zero-order chi connectivity index (χ0) is 17.6. The van der Waals surface area contributed by atoms with E-state index >= 15 is 0 Å². The lowest BCUT2D eigenvalue weighted by Gasteiger charge is -2.29. The summed E-state index contributed by atoms with van der Waals surface area (Å²) in [6.07, 6.45) is 8.18. The van der Waals surface area contributed by atoms with Gasteiger partial charge in [-0.1, -0.05) is 66.2 Å². The van der Waals surface area contributed by atoms with E-state index < -0.39 is 5.41 Å². The fourth-order valence-corrected chi connectivity index (χ4v) is 2.47. The fraction of sp³-hybridized carbons (Fsp3) is 0.895. The van der Waals surface area contributed by atoms with E-state index in [9.17, 15) is 9.59 Å². The zero-order valence-electron chi connectivity index (χ0n) is 15.6. The van der Waals surface area contributed by atoms with Crippen molar-refractivity contribution in [2.75, 3.05) is 13.2 Å². The highest BCUT2D eigenvalue weighted by Gasteiger charge is 2.47. The molecule has 0 unspecified atom stereocenters. The number of hydrogen-bond acceptors (Lipinski definition) is 4. The Morgan fingerprint density at radius 2 is 1.00 bits per heavy atom. The van der Waals surface area contributed by atoms with Gasteiger partial charge in [-0.25, -0.2) is 0 Å². The van der Waals surface area contributed by atoms with Crippen molar-refractivity contribution in [3.8, 4) is 0 Å². The highest BCUT2D eigenvalue weighted by atomic mass is 16.6. The van der Waals surface area contributed by atoms with Gasteiger partial charge in [-0.05, 0) is 25.7 Å². The molecule has 0 aliphatic rings. The Hall–Kier alpha value is -1.06. The molecule has 0 radical (unpaired) electrons. The second kappa shape index (κ2) is 13.4. The molecule has 0 aromatic heterocycles. The standard InChI is InChI=1S/C19H36O4/c1-5-9-13-19(14-10-6-2,17(20)22-15-11-7-3)18(21)23-16-12-8-4/h5-16H2,1-4H3. The highest BCUT2D eigenvalue weighted by Crippen LogP contribution is 2.34. The van der Waals surface area contributed by atoms with Crippen LogP contribution in [-0.4, -0.2) is 25.2 Å². The van der Waals surface area contributed by atoms with E-state index in [-0.39, 0.29) is 11.9 Å². The predicted octanol–water partition coefficient (Wildman–Crippen LogP) is 5.04. The molecular formula is C19H36O4. The molecule has 0 saturated carbocycles. The van der Waals surface area contributed by atoms with E-state index in [4.69, 9.17) is 9.47 Å². The average molecular weight is 328 g/mol. The largest absolute Gasteiger partial charge is 0.465 e. The van der Waals surface area contributed by atoms with Crippen LogP contribution in [0.2, 0.25) is 0 Å². The predicted molar refractivity (Wildman–Crippen MR) is 93.2 cm³/mol. The van der Waals surface area contributed by atoms with E-state index in [2.05, 4.69) is 13.8 Å². The van der Waals surface area contributed by atoms with Crippen molar-refractivity contribution < 1.29 is 19.1 Å². The topological polar surface area (TPSA) is 52.6 Å². The highest BCUT2D eigenvalue weighted by molar-refractivity contribution is 6.00. The summed E-state index contributed by atoms with van der Waals surface area (Å²) in [5.41, 5.74) is -1.10. The van der Waals surface area contributed by atoms with Gasteiger partial charge in [0.15, 0.2) is 5.41 Å². The van der Waals surface area contributed by atoms with Gasteiger partial charge < -0.3 is 9.47 Å². The Bertz CT molecular complexity index is 293. The lowest BCUT2D eigenvalue weighted by atomic mass is 9.78. The zero-order valence-corrected chi connectivity index (χ0v) is 15.6. The van der Waals surface area contributed by atoms with E-state index in [1.165, 1.54) is 0 Å². The van der Waals surface area contributed by atoms with Crippen LogP contribution >= 0.6 is 0 Å². The molecule has 0 aromatic rings. The molecule has 23 heavy (non-hydrogen) atoms. The molecule has 4 heteroatoms. The van der Waals surface area contributed by atoms with Crippen molar-refractivity contribution in [2.24, 2.45) is 5.41 Å². The van der Waals surface area contributed by atoms with Crippen LogP contribution in [0.3, 0.4) is 0 Å². The molecule has 136 valence electrons. The Labute approximate surface area is 142 Å². The second-order valence-electron chi connectivity index (χ2n) is 6.27. The SMILES string of the molecule is CCCCOC(=O)C(CCCC)(CCCC)C(=O)OCCCC. The molecule has 0 aliphatic heterocycles. The lowest BCUT2D eigenvalue weighted by molar-refractivity contribution is -0.174. The van der Waals surface area contributed by atoms with Crippen molar-refractivity contribution in [3.63, 3.8) is 0 Å². The molecule has 4 nitrogen and oxygen atoms in total. The minimum absolute atomic E-state index is 0.380. The van der Waals surface area contributed by atoms with Crippen molar-refractivity contribution in [1.82, 2.24) is 0 Å². The van der Waals surface area contributed by atoms with Crippen molar-refractivity contribution in [3.05, 3.63) is 0 Å². The lowest BCUT2D eigenvalue weighted by Crippen LogP contribution is -2.42. The van der Waals surface area contributed by atoms with Gasteiger partial charge in [0.1, 0.15) is 0 Å². The van der Waals surface area contributed by atoms with E-state index in [1.54, 1.807) is 0 Å². The Balaban J connectivity index is 5.12. The van der Waals surface area contributed by atoms with Crippen LogP contribution in [0.5, 0.6) is 0 Å². The first-order valence-corrected chi connectivity index (χ1v) is 9.43. The summed E-state index contributed by atoms with van der Waals surface area (Å²) in [7, 11) is 0. The fourth-order valence-electron chi connectivity index (χ4n) is 2.47. The molecule has 0 atom stereocenters. The number of ether oxygens (including phenoxy) is 2. The maximum atomic E-state index is 12.7. The first kappa shape index (κ1) is 21.9. The summed E-state index contributed by atoms with van der Waals surface area (Å²) in [5, 5.41) is 0. The van der Waals surface area contributed by atoms with Gasteiger partial charge in [-0.3, -0.25) is 9.59 Å². The summed E-state index contributed by atoms with van der Waals surface area (Å²) < 4.78 is 10.9. The first-order valence-electron chi connectivity index (χ1n) is 9.43. The van der Waals surface area contributed by atoms with Gasteiger partial charge in [0.05, 0.1) is 13.2 Å². The molecule has 0 aliphatic carbocycles. The smallest absolute Gasteiger partial charge is 0.323 e. The summed E-state index contributed by atoms with van der Waals surface area (Å²) in [4.78, 5) is 25.4. The van der Waals surface area contributed by atoms with Gasteiger partial charge in [0.2, 0.25) is 0 Å². The number of carbonyl (C=O) groups excluding carboxylic acids is 2. The van der Waals surface area contributed by atoms with Crippen LogP contribution in [0, 0.1) is 5.41 Å².